The monoisotopic (exact) mass is 247 g/mol. The van der Waals surface area contributed by atoms with Crippen LogP contribution in [0.1, 0.15) is 31.5 Å². The zero-order valence-electron chi connectivity index (χ0n) is 9.72. The highest BCUT2D eigenvalue weighted by Crippen LogP contribution is 2.35. The fourth-order valence-corrected chi connectivity index (χ4v) is 2.22. The molecule has 0 bridgehead atoms. The molecule has 1 aliphatic rings. The number of nitrogens with two attached hydrogens (primary N) is 1. The summed E-state index contributed by atoms with van der Waals surface area (Å²) in [5, 5.41) is 10.1. The highest BCUT2D eigenvalue weighted by Gasteiger charge is 2.36. The maximum atomic E-state index is 10.9. The first-order valence-corrected chi connectivity index (χ1v) is 5.87. The summed E-state index contributed by atoms with van der Waals surface area (Å²) in [4.78, 5) is 15.2. The van der Waals surface area contributed by atoms with Gasteiger partial charge in [-0.1, -0.05) is 18.0 Å². The first-order chi connectivity index (χ1) is 8.67. The smallest absolute Gasteiger partial charge is 0.278 e. The van der Waals surface area contributed by atoms with Crippen molar-refractivity contribution >= 4 is 0 Å². The van der Waals surface area contributed by atoms with Crippen LogP contribution < -0.4 is 11.3 Å². The van der Waals surface area contributed by atoms with Crippen molar-refractivity contribution in [2.24, 2.45) is 5.73 Å². The maximum Gasteiger partial charge on any atom is 0.278 e. The van der Waals surface area contributed by atoms with Crippen LogP contribution in [0, 0.1) is 0 Å². The molecule has 3 N–H and O–H groups in total. The molecule has 3 rings (SSSR count). The van der Waals surface area contributed by atoms with Crippen LogP contribution in [0.2, 0.25) is 0 Å². The molecule has 0 atom stereocenters. The van der Waals surface area contributed by atoms with Crippen LogP contribution in [0.3, 0.4) is 0 Å². The number of rotatable bonds is 2. The fourth-order valence-electron chi connectivity index (χ4n) is 2.22. The second kappa shape index (κ2) is 4.02. The lowest BCUT2D eigenvalue weighted by Crippen LogP contribution is -2.34. The Morgan fingerprint density at radius 1 is 1.33 bits per heavy atom. The zero-order valence-corrected chi connectivity index (χ0v) is 9.72. The summed E-state index contributed by atoms with van der Waals surface area (Å²) in [5.74, 6) is 0.793. The predicted molar refractivity (Wildman–Crippen MR) is 62.5 cm³/mol. The molecule has 1 aliphatic carbocycles. The van der Waals surface area contributed by atoms with Gasteiger partial charge in [0.2, 0.25) is 0 Å². The maximum absolute atomic E-state index is 10.9. The summed E-state index contributed by atoms with van der Waals surface area (Å²) in [7, 11) is 0. The van der Waals surface area contributed by atoms with Gasteiger partial charge in [0.05, 0.1) is 5.54 Å². The Balaban J connectivity index is 1.94. The molecule has 2 aromatic heterocycles. The van der Waals surface area contributed by atoms with E-state index in [4.69, 9.17) is 10.3 Å². The van der Waals surface area contributed by atoms with Gasteiger partial charge < -0.3 is 10.3 Å². The third-order valence-corrected chi connectivity index (χ3v) is 3.27. The number of aromatic amines is 1. The molecule has 18 heavy (non-hydrogen) atoms. The van der Waals surface area contributed by atoms with E-state index < -0.39 is 5.54 Å². The average molecular weight is 247 g/mol. The summed E-state index contributed by atoms with van der Waals surface area (Å²) in [6.45, 7) is 0. The Kier molecular flexibility index (Phi) is 2.48. The lowest BCUT2D eigenvalue weighted by Gasteiger charge is -2.17. The minimum atomic E-state index is -0.482. The van der Waals surface area contributed by atoms with Gasteiger partial charge in [-0.2, -0.15) is 10.1 Å². The van der Waals surface area contributed by atoms with E-state index in [1.54, 1.807) is 0 Å². The quantitative estimate of drug-likeness (QED) is 0.801. The lowest BCUT2D eigenvalue weighted by atomic mass is 9.99. The molecule has 94 valence electrons. The molecule has 0 radical (unpaired) electrons. The van der Waals surface area contributed by atoms with Gasteiger partial charge in [0, 0.05) is 6.07 Å². The summed E-state index contributed by atoms with van der Waals surface area (Å²) in [6, 6.07) is 2.90. The van der Waals surface area contributed by atoms with Gasteiger partial charge in [0.15, 0.2) is 5.82 Å². The van der Waals surface area contributed by atoms with Crippen LogP contribution in [0.15, 0.2) is 21.5 Å². The molecule has 0 aromatic carbocycles. The predicted octanol–water partition coefficient (Wildman–Crippen LogP) is 0.548. The average Bonchev–Trinajstić information content (AvgIpc) is 2.99. The normalized spacial score (nSPS) is 18.1. The van der Waals surface area contributed by atoms with Crippen LogP contribution in [0.4, 0.5) is 0 Å². The van der Waals surface area contributed by atoms with Crippen LogP contribution in [0.25, 0.3) is 11.6 Å². The van der Waals surface area contributed by atoms with Crippen LogP contribution in [0.5, 0.6) is 0 Å². The SMILES string of the molecule is NC1(c2noc(-c3ccc(=O)[nH]n3)n2)CCCC1. The van der Waals surface area contributed by atoms with E-state index in [1.807, 2.05) is 0 Å². The van der Waals surface area contributed by atoms with Gasteiger partial charge in [0.25, 0.3) is 11.4 Å². The number of H-pyrrole nitrogens is 1. The third kappa shape index (κ3) is 1.82. The number of aromatic nitrogens is 4. The van der Waals surface area contributed by atoms with Gasteiger partial charge in [-0.05, 0) is 18.9 Å². The first-order valence-electron chi connectivity index (χ1n) is 5.87. The molecule has 0 spiro atoms. The molecule has 2 heterocycles. The molecule has 1 fully saturated rings. The standard InChI is InChI=1S/C11H13N5O2/c12-11(5-1-2-6-11)10-13-9(18-16-10)7-3-4-8(17)15-14-7/h3-4H,1-2,5-6,12H2,(H,15,17). The summed E-state index contributed by atoms with van der Waals surface area (Å²) < 4.78 is 5.14. The van der Waals surface area contributed by atoms with E-state index in [0.29, 0.717) is 11.5 Å². The number of hydrogen-bond acceptors (Lipinski definition) is 6. The van der Waals surface area contributed by atoms with Gasteiger partial charge in [0.1, 0.15) is 5.69 Å². The van der Waals surface area contributed by atoms with Crippen LogP contribution >= 0.6 is 0 Å². The van der Waals surface area contributed by atoms with Gasteiger partial charge in [-0.15, -0.1) is 0 Å². The summed E-state index contributed by atoms with van der Waals surface area (Å²) in [6.07, 6.45) is 3.89. The Hall–Kier alpha value is -2.02. The van der Waals surface area contributed by atoms with Crippen molar-refractivity contribution in [1.82, 2.24) is 20.3 Å². The summed E-state index contributed by atoms with van der Waals surface area (Å²) >= 11 is 0. The highest BCUT2D eigenvalue weighted by molar-refractivity contribution is 5.44. The van der Waals surface area contributed by atoms with Crippen molar-refractivity contribution in [3.63, 3.8) is 0 Å². The van der Waals surface area contributed by atoms with Crippen molar-refractivity contribution in [2.75, 3.05) is 0 Å². The first kappa shape index (κ1) is 11.1. The molecular formula is C11H13N5O2. The summed E-state index contributed by atoms with van der Waals surface area (Å²) in [5.41, 5.74) is 5.92. The number of hydrogen-bond donors (Lipinski definition) is 2. The van der Waals surface area contributed by atoms with E-state index in [-0.39, 0.29) is 11.4 Å². The second-order valence-corrected chi connectivity index (χ2v) is 4.59. The van der Waals surface area contributed by atoms with Crippen LogP contribution in [-0.4, -0.2) is 20.3 Å². The fraction of sp³-hybridized carbons (Fsp3) is 0.455. The van der Waals surface area contributed by atoms with Crippen molar-refractivity contribution in [3.05, 3.63) is 28.3 Å². The Bertz CT molecular complexity index is 591. The molecule has 0 aliphatic heterocycles. The van der Waals surface area contributed by atoms with Gasteiger partial charge in [-0.3, -0.25) is 4.79 Å². The molecule has 0 saturated heterocycles. The van der Waals surface area contributed by atoms with E-state index in [1.165, 1.54) is 12.1 Å². The minimum Gasteiger partial charge on any atom is -0.332 e. The molecule has 7 heteroatoms. The molecule has 7 nitrogen and oxygen atoms in total. The van der Waals surface area contributed by atoms with Crippen LogP contribution in [-0.2, 0) is 5.54 Å². The third-order valence-electron chi connectivity index (χ3n) is 3.27. The van der Waals surface area contributed by atoms with Crippen molar-refractivity contribution in [2.45, 2.75) is 31.2 Å². The number of nitrogens with one attached hydrogen (secondary N) is 1. The molecule has 2 aromatic rings. The molecule has 1 saturated carbocycles. The number of nitrogens with zero attached hydrogens (tertiary/aromatic N) is 3. The highest BCUT2D eigenvalue weighted by atomic mass is 16.5. The topological polar surface area (TPSA) is 111 Å². The van der Waals surface area contributed by atoms with E-state index in [0.717, 1.165) is 25.7 Å². The molecule has 0 amide bonds. The van der Waals surface area contributed by atoms with Gasteiger partial charge in [-0.25, -0.2) is 5.10 Å². The van der Waals surface area contributed by atoms with Crippen molar-refractivity contribution < 1.29 is 4.52 Å². The Morgan fingerprint density at radius 2 is 2.11 bits per heavy atom. The van der Waals surface area contributed by atoms with Crippen molar-refractivity contribution in [3.8, 4) is 11.6 Å². The largest absolute Gasteiger partial charge is 0.332 e. The lowest BCUT2D eigenvalue weighted by molar-refractivity contribution is 0.372. The molecule has 0 unspecified atom stereocenters. The molecular weight excluding hydrogens is 234 g/mol. The van der Waals surface area contributed by atoms with E-state index in [2.05, 4.69) is 20.3 Å². The van der Waals surface area contributed by atoms with Crippen molar-refractivity contribution in [1.29, 1.82) is 0 Å². The minimum absolute atomic E-state index is 0.274. The Morgan fingerprint density at radius 3 is 2.78 bits per heavy atom. The second-order valence-electron chi connectivity index (χ2n) is 4.59. The van der Waals surface area contributed by atoms with E-state index in [9.17, 15) is 4.79 Å². The zero-order chi connectivity index (χ0) is 12.6. The van der Waals surface area contributed by atoms with Gasteiger partial charge >= 0.3 is 0 Å². The van der Waals surface area contributed by atoms with E-state index >= 15 is 0 Å². The Labute approximate surface area is 102 Å².